The Hall–Kier alpha value is -0.920. The van der Waals surface area contributed by atoms with Crippen molar-refractivity contribution in [2.45, 2.75) is 74.6 Å². The summed E-state index contributed by atoms with van der Waals surface area (Å²) in [7, 11) is 0. The van der Waals surface area contributed by atoms with Gasteiger partial charge in [-0.05, 0) is 68.8 Å². The lowest BCUT2D eigenvalue weighted by molar-refractivity contribution is -0.541. The van der Waals surface area contributed by atoms with Crippen molar-refractivity contribution in [2.75, 3.05) is 0 Å². The summed E-state index contributed by atoms with van der Waals surface area (Å²) >= 11 is 1.24. The van der Waals surface area contributed by atoms with Crippen LogP contribution in [-0.4, -0.2) is 28.4 Å². The van der Waals surface area contributed by atoms with Crippen LogP contribution < -0.4 is 0 Å². The van der Waals surface area contributed by atoms with Gasteiger partial charge in [0.2, 0.25) is 10.9 Å². The topological polar surface area (TPSA) is 54.0 Å². The third kappa shape index (κ3) is 2.50. The fourth-order valence-corrected chi connectivity index (χ4v) is 6.50. The Kier molecular flexibility index (Phi) is 4.05. The fraction of sp³-hybridized carbons (Fsp3) is 0.667. The quantitative estimate of drug-likeness (QED) is 0.554. The summed E-state index contributed by atoms with van der Waals surface area (Å²) in [4.78, 5) is 26.2. The Balaban J connectivity index is 1.53. The second-order valence-electron chi connectivity index (χ2n) is 8.78. The lowest BCUT2D eigenvalue weighted by Crippen LogP contribution is -2.62. The van der Waals surface area contributed by atoms with Crippen LogP contribution in [0.5, 0.6) is 0 Å². The highest BCUT2D eigenvalue weighted by molar-refractivity contribution is 8.13. The molecule has 1 aliphatic carbocycles. The molecule has 1 unspecified atom stereocenters. The largest absolute Gasteiger partial charge is 0.334 e. The first kappa shape index (κ1) is 18.1. The third-order valence-corrected chi connectivity index (χ3v) is 8.19. The molecule has 6 heteroatoms. The van der Waals surface area contributed by atoms with Crippen molar-refractivity contribution in [3.8, 4) is 0 Å². The normalized spacial score (nSPS) is 48.1. The van der Waals surface area contributed by atoms with Crippen molar-refractivity contribution in [1.29, 1.82) is 0 Å². The molecule has 0 amide bonds. The van der Waals surface area contributed by atoms with E-state index in [9.17, 15) is 4.79 Å². The number of rotatable bonds is 2. The lowest BCUT2D eigenvalue weighted by Gasteiger charge is -2.50. The summed E-state index contributed by atoms with van der Waals surface area (Å²) in [5.74, 6) is -0.137. The zero-order chi connectivity index (χ0) is 18.9. The van der Waals surface area contributed by atoms with Crippen molar-refractivity contribution in [3.05, 3.63) is 30.3 Å². The van der Waals surface area contributed by atoms with Gasteiger partial charge in [0.15, 0.2) is 11.9 Å². The first-order valence-electron chi connectivity index (χ1n) is 9.87. The zero-order valence-electron chi connectivity index (χ0n) is 16.0. The predicted molar refractivity (Wildman–Crippen MR) is 99.6 cm³/mol. The molecule has 5 nitrogen and oxygen atoms in total. The highest BCUT2D eigenvalue weighted by Gasteiger charge is 2.75. The minimum absolute atomic E-state index is 0.00949. The van der Waals surface area contributed by atoms with Crippen LogP contribution in [0.3, 0.4) is 0 Å². The van der Waals surface area contributed by atoms with Gasteiger partial charge in [-0.25, -0.2) is 9.78 Å². The Labute approximate surface area is 164 Å². The van der Waals surface area contributed by atoms with Crippen molar-refractivity contribution < 1.29 is 24.0 Å². The van der Waals surface area contributed by atoms with Crippen LogP contribution in [0, 0.1) is 17.8 Å². The number of carbonyl (C=O) groups is 1. The van der Waals surface area contributed by atoms with E-state index in [1.54, 1.807) is 0 Å². The number of hydrogen-bond acceptors (Lipinski definition) is 6. The van der Waals surface area contributed by atoms with Crippen LogP contribution in [0.25, 0.3) is 0 Å². The van der Waals surface area contributed by atoms with E-state index in [0.717, 1.165) is 30.6 Å². The van der Waals surface area contributed by atoms with E-state index in [0.29, 0.717) is 5.92 Å². The van der Waals surface area contributed by atoms with Crippen LogP contribution in [0.15, 0.2) is 35.2 Å². The molecule has 5 fully saturated rings. The van der Waals surface area contributed by atoms with E-state index in [-0.39, 0.29) is 17.0 Å². The number of ether oxygens (including phenoxy) is 2. The predicted octanol–water partition coefficient (Wildman–Crippen LogP) is 4.31. The molecule has 0 N–H and O–H groups in total. The maximum Gasteiger partial charge on any atom is 0.225 e. The summed E-state index contributed by atoms with van der Waals surface area (Å²) in [6, 6.07) is 9.73. The second-order valence-corrected chi connectivity index (χ2v) is 9.83. The molecule has 0 aromatic heterocycles. The van der Waals surface area contributed by atoms with Gasteiger partial charge in [-0.15, -0.1) is 0 Å². The van der Waals surface area contributed by atoms with E-state index in [2.05, 4.69) is 6.92 Å². The Morgan fingerprint density at radius 1 is 1.07 bits per heavy atom. The molecule has 4 heterocycles. The van der Waals surface area contributed by atoms with Gasteiger partial charge in [0.1, 0.15) is 5.60 Å². The van der Waals surface area contributed by atoms with Crippen molar-refractivity contribution in [1.82, 2.24) is 0 Å². The van der Waals surface area contributed by atoms with E-state index in [4.69, 9.17) is 19.2 Å². The van der Waals surface area contributed by atoms with Crippen LogP contribution in [-0.2, 0) is 24.0 Å². The summed E-state index contributed by atoms with van der Waals surface area (Å²) < 4.78 is 12.7. The lowest BCUT2D eigenvalue weighted by atomic mass is 9.60. The third-order valence-electron chi connectivity index (χ3n) is 7.09. The van der Waals surface area contributed by atoms with Gasteiger partial charge in [-0.2, -0.15) is 0 Å². The molecule has 6 rings (SSSR count). The average Bonchev–Trinajstić information content (AvgIpc) is 2.74. The molecule has 1 aromatic rings. The Morgan fingerprint density at radius 3 is 2.63 bits per heavy atom. The molecule has 146 valence electrons. The van der Waals surface area contributed by atoms with Crippen LogP contribution in [0.2, 0.25) is 0 Å². The van der Waals surface area contributed by atoms with Crippen LogP contribution in [0.1, 0.15) is 46.5 Å². The fourth-order valence-electron chi connectivity index (χ4n) is 5.60. The first-order valence-corrected chi connectivity index (χ1v) is 10.7. The summed E-state index contributed by atoms with van der Waals surface area (Å²) in [5, 5.41) is 0.00949. The molecular formula is C21H26O5S. The molecule has 2 bridgehead atoms. The monoisotopic (exact) mass is 390 g/mol. The second kappa shape index (κ2) is 6.04. The van der Waals surface area contributed by atoms with Gasteiger partial charge in [0.05, 0.1) is 0 Å². The minimum Gasteiger partial charge on any atom is -0.334 e. The number of carbonyl (C=O) groups excluding carboxylic acids is 1. The molecule has 1 saturated carbocycles. The number of fused-ring (bicyclic) bond motifs is 2. The highest BCUT2D eigenvalue weighted by Crippen LogP contribution is 2.64. The van der Waals surface area contributed by atoms with E-state index in [1.165, 1.54) is 11.8 Å². The summed E-state index contributed by atoms with van der Waals surface area (Å²) in [6.07, 6.45) is 3.10. The average molecular weight is 391 g/mol. The molecule has 1 aromatic carbocycles. The van der Waals surface area contributed by atoms with Gasteiger partial charge in [-0.3, -0.25) is 4.79 Å². The Morgan fingerprint density at radius 2 is 1.85 bits per heavy atom. The summed E-state index contributed by atoms with van der Waals surface area (Å²) in [6.45, 7) is 6.08. The number of thioether (sulfide) groups is 1. The number of hydrogen-bond donors (Lipinski definition) is 0. The van der Waals surface area contributed by atoms with E-state index >= 15 is 0 Å². The van der Waals surface area contributed by atoms with Crippen LogP contribution >= 0.6 is 11.8 Å². The highest BCUT2D eigenvalue weighted by atomic mass is 32.2. The van der Waals surface area contributed by atoms with Gasteiger partial charge >= 0.3 is 0 Å². The maximum absolute atomic E-state index is 13.4. The SMILES string of the molecule is C[C@@H]1CC[C@@H]2[C@]34OO[C@@](C)(CCC13)O[C@H]4O[C@]2(C)C(=O)Sc1ccccc1. The molecule has 4 aliphatic heterocycles. The van der Waals surface area contributed by atoms with E-state index < -0.39 is 23.3 Å². The zero-order valence-corrected chi connectivity index (χ0v) is 16.8. The molecule has 1 spiro atoms. The molecular weight excluding hydrogens is 364 g/mol. The maximum atomic E-state index is 13.4. The summed E-state index contributed by atoms with van der Waals surface area (Å²) in [5.41, 5.74) is -1.66. The van der Waals surface area contributed by atoms with Crippen LogP contribution in [0.4, 0.5) is 0 Å². The van der Waals surface area contributed by atoms with Crippen molar-refractivity contribution >= 4 is 16.9 Å². The van der Waals surface area contributed by atoms with Crippen molar-refractivity contribution in [2.24, 2.45) is 17.8 Å². The smallest absolute Gasteiger partial charge is 0.225 e. The molecule has 27 heavy (non-hydrogen) atoms. The Bertz CT molecular complexity index is 756. The standard InChI is InChI=1S/C21H26O5S/c1-13-9-10-16-20(3,17(22)27-14-7-5-4-6-8-14)24-18-21(16)15(13)11-12-19(2,23-18)25-26-21/h4-8,13,15-16,18H,9-12H2,1-3H3/t13-,15?,16+,18+,19+,20+,21-/m1/s1. The van der Waals surface area contributed by atoms with Gasteiger partial charge < -0.3 is 9.47 Å². The van der Waals surface area contributed by atoms with Gasteiger partial charge in [0, 0.05) is 17.2 Å². The van der Waals surface area contributed by atoms with E-state index in [1.807, 2.05) is 44.2 Å². The van der Waals surface area contributed by atoms with Gasteiger partial charge in [0.25, 0.3) is 0 Å². The first-order chi connectivity index (χ1) is 12.9. The molecule has 7 atom stereocenters. The molecule has 0 radical (unpaired) electrons. The molecule has 4 saturated heterocycles. The minimum atomic E-state index is -0.963. The number of benzene rings is 1. The van der Waals surface area contributed by atoms with Crippen molar-refractivity contribution in [3.63, 3.8) is 0 Å². The van der Waals surface area contributed by atoms with Gasteiger partial charge in [-0.1, -0.05) is 25.1 Å². The molecule has 5 aliphatic rings.